The van der Waals surface area contributed by atoms with Crippen LogP contribution in [0.4, 0.5) is 5.69 Å². The van der Waals surface area contributed by atoms with Crippen LogP contribution >= 0.6 is 0 Å². The van der Waals surface area contributed by atoms with E-state index in [9.17, 15) is 23.1 Å². The molecule has 2 amide bonds. The molecule has 9 nitrogen and oxygen atoms in total. The van der Waals surface area contributed by atoms with E-state index in [0.717, 1.165) is 11.0 Å². The van der Waals surface area contributed by atoms with Gasteiger partial charge in [-0.05, 0) is 41.3 Å². The summed E-state index contributed by atoms with van der Waals surface area (Å²) in [5, 5.41) is 14.9. The molecule has 0 radical (unpaired) electrons. The van der Waals surface area contributed by atoms with Gasteiger partial charge in [-0.1, -0.05) is 78.9 Å². The van der Waals surface area contributed by atoms with Gasteiger partial charge in [-0.25, -0.2) is 13.1 Å². The molecule has 0 fully saturated rings. The van der Waals surface area contributed by atoms with Gasteiger partial charge in [0.05, 0.1) is 24.8 Å². The van der Waals surface area contributed by atoms with Gasteiger partial charge in [-0.15, -0.1) is 0 Å². The summed E-state index contributed by atoms with van der Waals surface area (Å²) in [6.45, 7) is 0.0770. The molecule has 3 aromatic carbocycles. The molecule has 1 unspecified atom stereocenters. The number of carbonyl (C=O) groups is 2. The number of benzene rings is 3. The van der Waals surface area contributed by atoms with Gasteiger partial charge >= 0.3 is 0 Å². The largest absolute Gasteiger partial charge is 0.395 e. The van der Waals surface area contributed by atoms with Crippen LogP contribution in [0.2, 0.25) is 0 Å². The van der Waals surface area contributed by atoms with Crippen molar-refractivity contribution < 1.29 is 23.1 Å². The molecule has 0 saturated heterocycles. The van der Waals surface area contributed by atoms with Crippen molar-refractivity contribution in [2.75, 3.05) is 18.1 Å². The Hall–Kier alpha value is -4.54. The van der Waals surface area contributed by atoms with Crippen molar-refractivity contribution in [1.29, 1.82) is 0 Å². The third kappa shape index (κ3) is 7.98. The smallest absolute Gasteiger partial charge is 0.257 e. The second kappa shape index (κ2) is 13.5. The number of aliphatic hydroxyl groups is 1. The van der Waals surface area contributed by atoms with Crippen molar-refractivity contribution in [2.24, 2.45) is 5.92 Å². The highest BCUT2D eigenvalue weighted by Gasteiger charge is 2.33. The van der Waals surface area contributed by atoms with E-state index in [1.165, 1.54) is 11.0 Å². The average Bonchev–Trinajstić information content (AvgIpc) is 3.41. The quantitative estimate of drug-likeness (QED) is 0.258. The molecular formula is C30H30N4O5S. The highest BCUT2D eigenvalue weighted by atomic mass is 32.2. The minimum atomic E-state index is -4.21. The molecule has 0 aliphatic rings. The molecule has 10 heteroatoms. The first-order valence-electron chi connectivity index (χ1n) is 12.7. The van der Waals surface area contributed by atoms with Crippen LogP contribution < -0.4 is 9.62 Å². The van der Waals surface area contributed by atoms with Crippen LogP contribution in [0.5, 0.6) is 0 Å². The van der Waals surface area contributed by atoms with Crippen molar-refractivity contribution in [3.05, 3.63) is 125 Å². The van der Waals surface area contributed by atoms with E-state index in [1.54, 1.807) is 77.7 Å². The Labute approximate surface area is 233 Å². The molecular weight excluding hydrogens is 528 g/mol. The maximum Gasteiger partial charge on any atom is 0.257 e. The highest BCUT2D eigenvalue weighted by Crippen LogP contribution is 2.20. The Balaban J connectivity index is 1.59. The van der Waals surface area contributed by atoms with Crippen LogP contribution in [0.1, 0.15) is 16.7 Å². The van der Waals surface area contributed by atoms with Gasteiger partial charge in [0.15, 0.2) is 0 Å². The lowest BCUT2D eigenvalue weighted by Crippen LogP contribution is -2.46. The Bertz CT molecular complexity index is 1540. The van der Waals surface area contributed by atoms with E-state index in [-0.39, 0.29) is 19.6 Å². The van der Waals surface area contributed by atoms with Gasteiger partial charge in [0.25, 0.3) is 10.0 Å². The van der Waals surface area contributed by atoms with E-state index in [2.05, 4.69) is 5.10 Å². The van der Waals surface area contributed by atoms with Crippen molar-refractivity contribution >= 4 is 33.6 Å². The van der Waals surface area contributed by atoms with E-state index in [0.29, 0.717) is 23.4 Å². The van der Waals surface area contributed by atoms with Crippen LogP contribution in [0, 0.1) is 5.92 Å². The van der Waals surface area contributed by atoms with E-state index >= 15 is 0 Å². The fourth-order valence-corrected chi connectivity index (χ4v) is 4.96. The lowest BCUT2D eigenvalue weighted by atomic mass is 9.98. The van der Waals surface area contributed by atoms with Gasteiger partial charge in [-0.3, -0.25) is 14.3 Å². The SMILES string of the molecule is O=C(NS(=O)(=O)C=Cc1ccccc1)C(Cc1cnn(Cc2ccccc2)c1)C(=O)N(CCO)c1ccccc1. The Morgan fingerprint density at radius 2 is 1.55 bits per heavy atom. The van der Waals surface area contributed by atoms with Crippen molar-refractivity contribution in [3.8, 4) is 0 Å². The molecule has 1 aromatic heterocycles. The summed E-state index contributed by atoms with van der Waals surface area (Å²) in [5.74, 6) is -3.02. The summed E-state index contributed by atoms with van der Waals surface area (Å²) in [6, 6.07) is 27.0. The van der Waals surface area contributed by atoms with Crippen molar-refractivity contribution in [2.45, 2.75) is 13.0 Å². The summed E-state index contributed by atoms with van der Waals surface area (Å²) in [4.78, 5) is 28.4. The topological polar surface area (TPSA) is 122 Å². The van der Waals surface area contributed by atoms with Gasteiger partial charge in [0.2, 0.25) is 11.8 Å². The van der Waals surface area contributed by atoms with Gasteiger partial charge < -0.3 is 10.0 Å². The summed E-state index contributed by atoms with van der Waals surface area (Å²) in [5.41, 5.74) is 2.72. The second-order valence-electron chi connectivity index (χ2n) is 9.06. The number of hydrogen-bond acceptors (Lipinski definition) is 6. The lowest BCUT2D eigenvalue weighted by molar-refractivity contribution is -0.132. The highest BCUT2D eigenvalue weighted by molar-refractivity contribution is 7.93. The molecule has 0 spiro atoms. The first-order valence-corrected chi connectivity index (χ1v) is 14.2. The predicted molar refractivity (Wildman–Crippen MR) is 153 cm³/mol. The van der Waals surface area contributed by atoms with Crippen LogP contribution in [-0.4, -0.2) is 48.3 Å². The standard InChI is InChI=1S/C30H30N4O5S/c35-18-17-34(27-14-8-3-9-15-27)30(37)28(20-26-21-31-33(23-26)22-25-12-6-2-7-13-25)29(36)32-40(38,39)19-16-24-10-4-1-5-11-24/h1-16,19,21,23,28,35H,17-18,20,22H2,(H,32,36). The van der Waals surface area contributed by atoms with E-state index in [4.69, 9.17) is 0 Å². The summed E-state index contributed by atoms with van der Waals surface area (Å²) >= 11 is 0. The number of para-hydroxylation sites is 1. The van der Waals surface area contributed by atoms with Crippen LogP contribution in [-0.2, 0) is 32.6 Å². The first-order chi connectivity index (χ1) is 19.3. The zero-order chi connectivity index (χ0) is 28.4. The number of anilines is 1. The Kier molecular flexibility index (Phi) is 9.61. The summed E-state index contributed by atoms with van der Waals surface area (Å²) in [7, 11) is -4.21. The Morgan fingerprint density at radius 1 is 0.925 bits per heavy atom. The molecule has 0 saturated carbocycles. The zero-order valence-electron chi connectivity index (χ0n) is 21.7. The van der Waals surface area contributed by atoms with Crippen LogP contribution in [0.25, 0.3) is 6.08 Å². The number of hydrogen-bond donors (Lipinski definition) is 2. The normalized spacial score (nSPS) is 12.2. The fraction of sp³-hybridized carbons (Fsp3) is 0.167. The number of amides is 2. The number of rotatable bonds is 12. The summed E-state index contributed by atoms with van der Waals surface area (Å²) < 4.78 is 29.3. The van der Waals surface area contributed by atoms with Gasteiger partial charge in [-0.2, -0.15) is 5.10 Å². The Morgan fingerprint density at radius 3 is 2.20 bits per heavy atom. The van der Waals surface area contributed by atoms with Gasteiger partial charge in [0.1, 0.15) is 5.92 Å². The monoisotopic (exact) mass is 558 g/mol. The molecule has 4 rings (SSSR count). The van der Waals surface area contributed by atoms with Crippen molar-refractivity contribution in [1.82, 2.24) is 14.5 Å². The number of sulfonamides is 1. The fourth-order valence-electron chi connectivity index (χ4n) is 4.14. The molecule has 2 N–H and O–H groups in total. The molecule has 0 aliphatic heterocycles. The average molecular weight is 559 g/mol. The maximum absolute atomic E-state index is 13.8. The minimum Gasteiger partial charge on any atom is -0.395 e. The number of nitrogens with zero attached hydrogens (tertiary/aromatic N) is 3. The van der Waals surface area contributed by atoms with Crippen LogP contribution in [0.15, 0.2) is 109 Å². The molecule has 4 aromatic rings. The third-order valence-corrected chi connectivity index (χ3v) is 7.05. The molecule has 1 heterocycles. The molecule has 206 valence electrons. The number of carbonyl (C=O) groups excluding carboxylic acids is 2. The minimum absolute atomic E-state index is 0.0689. The molecule has 0 aliphatic carbocycles. The molecule has 40 heavy (non-hydrogen) atoms. The predicted octanol–water partition coefficient (Wildman–Crippen LogP) is 3.23. The lowest BCUT2D eigenvalue weighted by Gasteiger charge is -2.26. The molecule has 0 bridgehead atoms. The summed E-state index contributed by atoms with van der Waals surface area (Å²) in [6.07, 6.45) is 4.55. The van der Waals surface area contributed by atoms with E-state index < -0.39 is 27.8 Å². The van der Waals surface area contributed by atoms with Crippen LogP contribution in [0.3, 0.4) is 0 Å². The molecule has 1 atom stereocenters. The third-order valence-electron chi connectivity index (χ3n) is 6.07. The first kappa shape index (κ1) is 28.5. The number of aliphatic hydroxyl groups excluding tert-OH is 1. The maximum atomic E-state index is 13.8. The van der Waals surface area contributed by atoms with Gasteiger partial charge in [0, 0.05) is 18.4 Å². The number of nitrogens with one attached hydrogen (secondary N) is 1. The second-order valence-corrected chi connectivity index (χ2v) is 10.6. The van der Waals surface area contributed by atoms with E-state index in [1.807, 2.05) is 35.1 Å². The zero-order valence-corrected chi connectivity index (χ0v) is 22.5. The van der Waals surface area contributed by atoms with Crippen molar-refractivity contribution in [3.63, 3.8) is 0 Å². The number of aromatic nitrogens is 2.